The number of nitrogens with one attached hydrogen (secondary N) is 2. The number of carbonyl (C=O) groups excluding carboxylic acids is 1. The average Bonchev–Trinajstić information content (AvgIpc) is 2.45. The number of carboxylic acid groups (broad SMARTS) is 1. The molecule has 0 aliphatic rings. The highest BCUT2D eigenvalue weighted by molar-refractivity contribution is 5.94. The summed E-state index contributed by atoms with van der Waals surface area (Å²) in [6.07, 6.45) is 1.46. The van der Waals surface area contributed by atoms with Gasteiger partial charge in [0.15, 0.2) is 0 Å². The lowest BCUT2D eigenvalue weighted by atomic mass is 9.93. The van der Waals surface area contributed by atoms with Crippen LogP contribution in [-0.2, 0) is 11.2 Å². The van der Waals surface area contributed by atoms with Crippen LogP contribution in [-0.4, -0.2) is 22.6 Å². The fourth-order valence-corrected chi connectivity index (χ4v) is 2.10. The number of carboxylic acids is 1. The second kappa shape index (κ2) is 6.93. The molecule has 110 valence electrons. The molecule has 0 heterocycles. The van der Waals surface area contributed by atoms with E-state index in [1.54, 1.807) is 19.9 Å². The van der Waals surface area contributed by atoms with Gasteiger partial charge in [0, 0.05) is 5.69 Å². The number of rotatable bonds is 6. The minimum absolute atomic E-state index is 0.335. The number of benzene rings is 1. The molecular weight excluding hydrogens is 256 g/mol. The van der Waals surface area contributed by atoms with Crippen molar-refractivity contribution in [1.82, 2.24) is 5.32 Å². The molecule has 0 bridgehead atoms. The van der Waals surface area contributed by atoms with Crippen LogP contribution in [0.1, 0.15) is 39.2 Å². The largest absolute Gasteiger partial charge is 0.480 e. The average molecular weight is 278 g/mol. The number of anilines is 1. The topological polar surface area (TPSA) is 78.4 Å². The van der Waals surface area contributed by atoms with Crippen molar-refractivity contribution in [2.24, 2.45) is 0 Å². The quantitative estimate of drug-likeness (QED) is 0.748. The van der Waals surface area contributed by atoms with Crippen LogP contribution in [0.15, 0.2) is 24.3 Å². The molecule has 0 radical (unpaired) electrons. The molecule has 5 nitrogen and oxygen atoms in total. The van der Waals surface area contributed by atoms with E-state index in [0.29, 0.717) is 18.5 Å². The standard InChI is InChI=1S/C15H22N2O3/c1-4-11-9-7-8-10-12(11)16-14(20)17-15(5-2,6-3)13(18)19/h7-10H,4-6H2,1-3H3,(H,18,19)(H2,16,17,20). The van der Waals surface area contributed by atoms with E-state index in [2.05, 4.69) is 10.6 Å². The van der Waals surface area contributed by atoms with Crippen molar-refractivity contribution in [1.29, 1.82) is 0 Å². The SMILES string of the molecule is CCc1ccccc1NC(=O)NC(CC)(CC)C(=O)O. The van der Waals surface area contributed by atoms with Crippen LogP contribution in [0.4, 0.5) is 10.5 Å². The van der Waals surface area contributed by atoms with Crippen LogP contribution in [0.5, 0.6) is 0 Å². The Morgan fingerprint density at radius 2 is 1.75 bits per heavy atom. The number of hydrogen-bond acceptors (Lipinski definition) is 2. The van der Waals surface area contributed by atoms with E-state index in [1.807, 2.05) is 25.1 Å². The molecule has 0 saturated carbocycles. The first-order valence-electron chi connectivity index (χ1n) is 6.89. The summed E-state index contributed by atoms with van der Waals surface area (Å²) in [5.41, 5.74) is 0.501. The first-order valence-corrected chi connectivity index (χ1v) is 6.89. The molecule has 0 aliphatic heterocycles. The second-order valence-electron chi connectivity index (χ2n) is 4.68. The van der Waals surface area contributed by atoms with Gasteiger partial charge in [-0.05, 0) is 30.9 Å². The van der Waals surface area contributed by atoms with E-state index in [9.17, 15) is 14.7 Å². The molecular formula is C15H22N2O3. The lowest BCUT2D eigenvalue weighted by Crippen LogP contribution is -2.55. The lowest BCUT2D eigenvalue weighted by Gasteiger charge is -2.28. The van der Waals surface area contributed by atoms with Crippen molar-refractivity contribution >= 4 is 17.7 Å². The minimum atomic E-state index is -1.22. The van der Waals surface area contributed by atoms with Crippen molar-refractivity contribution in [3.63, 3.8) is 0 Å². The van der Waals surface area contributed by atoms with Gasteiger partial charge >= 0.3 is 12.0 Å². The van der Waals surface area contributed by atoms with Crippen LogP contribution >= 0.6 is 0 Å². The van der Waals surface area contributed by atoms with Crippen molar-refractivity contribution in [3.8, 4) is 0 Å². The Morgan fingerprint density at radius 1 is 1.15 bits per heavy atom. The lowest BCUT2D eigenvalue weighted by molar-refractivity contribution is -0.144. The maximum atomic E-state index is 12.0. The van der Waals surface area contributed by atoms with Crippen molar-refractivity contribution in [2.45, 2.75) is 45.6 Å². The molecule has 20 heavy (non-hydrogen) atoms. The first-order chi connectivity index (χ1) is 9.49. The summed E-state index contributed by atoms with van der Waals surface area (Å²) in [7, 11) is 0. The molecule has 0 aliphatic carbocycles. The van der Waals surface area contributed by atoms with Gasteiger partial charge in [0.2, 0.25) is 0 Å². The molecule has 0 aromatic heterocycles. The Morgan fingerprint density at radius 3 is 2.25 bits per heavy atom. The van der Waals surface area contributed by atoms with Crippen LogP contribution < -0.4 is 10.6 Å². The summed E-state index contributed by atoms with van der Waals surface area (Å²) in [6, 6.07) is 6.98. The van der Waals surface area contributed by atoms with Crippen molar-refractivity contribution in [2.75, 3.05) is 5.32 Å². The number of urea groups is 1. The molecule has 1 rings (SSSR count). The Kier molecular flexibility index (Phi) is 5.55. The van der Waals surface area contributed by atoms with Gasteiger partial charge in [-0.1, -0.05) is 39.0 Å². The zero-order valence-electron chi connectivity index (χ0n) is 12.2. The maximum Gasteiger partial charge on any atom is 0.329 e. The van der Waals surface area contributed by atoms with Gasteiger partial charge in [-0.25, -0.2) is 9.59 Å². The van der Waals surface area contributed by atoms with Crippen molar-refractivity contribution in [3.05, 3.63) is 29.8 Å². The van der Waals surface area contributed by atoms with Gasteiger partial charge in [0.25, 0.3) is 0 Å². The predicted molar refractivity (Wildman–Crippen MR) is 78.9 cm³/mol. The van der Waals surface area contributed by atoms with E-state index in [0.717, 1.165) is 12.0 Å². The smallest absolute Gasteiger partial charge is 0.329 e. The van der Waals surface area contributed by atoms with Gasteiger partial charge in [-0.3, -0.25) is 0 Å². The zero-order chi connectivity index (χ0) is 15.2. The van der Waals surface area contributed by atoms with Crippen LogP contribution in [0.2, 0.25) is 0 Å². The van der Waals surface area contributed by atoms with E-state index in [4.69, 9.17) is 0 Å². The van der Waals surface area contributed by atoms with Crippen molar-refractivity contribution < 1.29 is 14.7 Å². The summed E-state index contributed by atoms with van der Waals surface area (Å²) in [5, 5.41) is 14.6. The van der Waals surface area contributed by atoms with E-state index in [-0.39, 0.29) is 0 Å². The summed E-state index contributed by atoms with van der Waals surface area (Å²) in [5.74, 6) is -1.01. The number of aliphatic carboxylic acids is 1. The Balaban J connectivity index is 2.84. The Bertz CT molecular complexity index is 482. The van der Waals surface area contributed by atoms with Gasteiger partial charge in [0.05, 0.1) is 0 Å². The van der Waals surface area contributed by atoms with Gasteiger partial charge in [0.1, 0.15) is 5.54 Å². The van der Waals surface area contributed by atoms with E-state index >= 15 is 0 Å². The zero-order valence-corrected chi connectivity index (χ0v) is 12.2. The van der Waals surface area contributed by atoms with Gasteiger partial charge in [-0.15, -0.1) is 0 Å². The van der Waals surface area contributed by atoms with Crippen LogP contribution in [0.25, 0.3) is 0 Å². The van der Waals surface area contributed by atoms with Crippen LogP contribution in [0.3, 0.4) is 0 Å². The normalized spacial score (nSPS) is 10.9. The predicted octanol–water partition coefficient (Wildman–Crippen LogP) is 3.01. The van der Waals surface area contributed by atoms with E-state index < -0.39 is 17.5 Å². The third-order valence-electron chi connectivity index (χ3n) is 3.62. The third-order valence-corrected chi connectivity index (χ3v) is 3.62. The summed E-state index contributed by atoms with van der Waals surface area (Å²) in [6.45, 7) is 5.49. The Labute approximate surface area is 119 Å². The number of aryl methyl sites for hydroxylation is 1. The number of amides is 2. The number of hydrogen-bond donors (Lipinski definition) is 3. The fourth-order valence-electron chi connectivity index (χ4n) is 2.10. The number of para-hydroxylation sites is 1. The maximum absolute atomic E-state index is 12.0. The van der Waals surface area contributed by atoms with Gasteiger partial charge < -0.3 is 15.7 Å². The summed E-state index contributed by atoms with van der Waals surface area (Å²) in [4.78, 5) is 23.4. The highest BCUT2D eigenvalue weighted by Crippen LogP contribution is 2.18. The highest BCUT2D eigenvalue weighted by Gasteiger charge is 2.36. The summed E-state index contributed by atoms with van der Waals surface area (Å²) < 4.78 is 0. The van der Waals surface area contributed by atoms with Gasteiger partial charge in [-0.2, -0.15) is 0 Å². The monoisotopic (exact) mass is 278 g/mol. The summed E-state index contributed by atoms with van der Waals surface area (Å²) >= 11 is 0. The molecule has 0 fully saturated rings. The number of carbonyl (C=O) groups is 2. The first kappa shape index (κ1) is 16.0. The third kappa shape index (κ3) is 3.50. The Hall–Kier alpha value is -2.04. The van der Waals surface area contributed by atoms with E-state index in [1.165, 1.54) is 0 Å². The molecule has 0 saturated heterocycles. The second-order valence-corrected chi connectivity index (χ2v) is 4.68. The molecule has 3 N–H and O–H groups in total. The molecule has 0 atom stereocenters. The highest BCUT2D eigenvalue weighted by atomic mass is 16.4. The molecule has 1 aromatic rings. The molecule has 2 amide bonds. The fraction of sp³-hybridized carbons (Fsp3) is 0.467. The minimum Gasteiger partial charge on any atom is -0.480 e. The molecule has 5 heteroatoms. The molecule has 0 spiro atoms. The molecule has 1 aromatic carbocycles. The van der Waals surface area contributed by atoms with Crippen LogP contribution in [0, 0.1) is 0 Å². The molecule has 0 unspecified atom stereocenters.